The third-order valence-corrected chi connectivity index (χ3v) is 4.86. The highest BCUT2D eigenvalue weighted by Crippen LogP contribution is 2.41. The molecule has 0 spiro atoms. The standard InChI is InChI=1S/C21H23NO7/c1-26-17-9-14(10-18(27-2)19(17)28-3)15(11-23)20(24)22-16(12-29-21(22)25)13-7-5-4-6-8-13/h4-10,15-16,23H,11-12H2,1-3H3/t15-,16+/m0/s1. The molecular formula is C21H23NO7. The van der Waals surface area contributed by atoms with Crippen molar-refractivity contribution in [1.29, 1.82) is 0 Å². The summed E-state index contributed by atoms with van der Waals surface area (Å²) in [7, 11) is 4.39. The Bertz CT molecular complexity index is 859. The number of imide groups is 1. The first-order chi connectivity index (χ1) is 14.0. The van der Waals surface area contributed by atoms with Crippen LogP contribution in [-0.4, -0.2) is 56.6 Å². The van der Waals surface area contributed by atoms with E-state index in [4.69, 9.17) is 18.9 Å². The van der Waals surface area contributed by atoms with Crippen LogP contribution in [0.3, 0.4) is 0 Å². The van der Waals surface area contributed by atoms with Gasteiger partial charge in [-0.25, -0.2) is 9.69 Å². The number of ether oxygens (including phenoxy) is 4. The number of aliphatic hydroxyl groups is 1. The summed E-state index contributed by atoms with van der Waals surface area (Å²) in [5.74, 6) is -0.530. The first-order valence-electron chi connectivity index (χ1n) is 9.01. The molecule has 0 aliphatic carbocycles. The van der Waals surface area contributed by atoms with Crippen LogP contribution in [-0.2, 0) is 9.53 Å². The first-order valence-corrected chi connectivity index (χ1v) is 9.01. The second kappa shape index (κ2) is 8.83. The Morgan fingerprint density at radius 1 is 1.14 bits per heavy atom. The van der Waals surface area contributed by atoms with Crippen molar-refractivity contribution in [3.63, 3.8) is 0 Å². The molecule has 8 heteroatoms. The van der Waals surface area contributed by atoms with Gasteiger partial charge in [-0.05, 0) is 23.3 Å². The normalized spacial score (nSPS) is 16.9. The van der Waals surface area contributed by atoms with Crippen LogP contribution in [0.15, 0.2) is 42.5 Å². The molecule has 0 bridgehead atoms. The highest BCUT2D eigenvalue weighted by molar-refractivity contribution is 5.97. The van der Waals surface area contributed by atoms with Gasteiger partial charge in [0, 0.05) is 0 Å². The van der Waals surface area contributed by atoms with Crippen molar-refractivity contribution in [3.05, 3.63) is 53.6 Å². The zero-order chi connectivity index (χ0) is 21.0. The molecule has 2 aromatic rings. The Kier molecular flexibility index (Phi) is 6.23. The summed E-state index contributed by atoms with van der Waals surface area (Å²) in [5, 5.41) is 9.99. The second-order valence-corrected chi connectivity index (χ2v) is 6.41. The molecule has 3 rings (SSSR count). The maximum Gasteiger partial charge on any atom is 0.417 e. The fourth-order valence-corrected chi connectivity index (χ4v) is 3.38. The number of cyclic esters (lactones) is 1. The van der Waals surface area contributed by atoms with Crippen molar-refractivity contribution >= 4 is 12.0 Å². The Labute approximate surface area is 168 Å². The van der Waals surface area contributed by atoms with Crippen LogP contribution in [0.1, 0.15) is 23.1 Å². The van der Waals surface area contributed by atoms with E-state index in [9.17, 15) is 14.7 Å². The van der Waals surface area contributed by atoms with Gasteiger partial charge in [0.05, 0.1) is 33.9 Å². The van der Waals surface area contributed by atoms with Crippen molar-refractivity contribution in [1.82, 2.24) is 4.90 Å². The molecule has 154 valence electrons. The molecule has 0 saturated carbocycles. The van der Waals surface area contributed by atoms with Gasteiger partial charge in [-0.1, -0.05) is 30.3 Å². The number of hydrogen-bond acceptors (Lipinski definition) is 7. The molecule has 0 radical (unpaired) electrons. The molecule has 1 N–H and O–H groups in total. The third-order valence-electron chi connectivity index (χ3n) is 4.86. The maximum atomic E-state index is 13.3. The molecule has 1 heterocycles. The molecule has 1 fully saturated rings. The summed E-state index contributed by atoms with van der Waals surface area (Å²) in [6.07, 6.45) is -0.741. The lowest BCUT2D eigenvalue weighted by Gasteiger charge is -2.25. The van der Waals surface area contributed by atoms with E-state index in [1.165, 1.54) is 21.3 Å². The van der Waals surface area contributed by atoms with E-state index in [0.717, 1.165) is 10.5 Å². The lowest BCUT2D eigenvalue weighted by atomic mass is 9.96. The molecule has 2 amide bonds. The number of rotatable bonds is 7. The Hall–Kier alpha value is -3.26. The van der Waals surface area contributed by atoms with E-state index >= 15 is 0 Å². The summed E-state index contributed by atoms with van der Waals surface area (Å²) in [6.45, 7) is -0.454. The number of hydrogen-bond donors (Lipinski definition) is 1. The van der Waals surface area contributed by atoms with Crippen molar-refractivity contribution in [2.45, 2.75) is 12.0 Å². The minimum absolute atomic E-state index is 0.0575. The van der Waals surface area contributed by atoms with Gasteiger partial charge in [-0.15, -0.1) is 0 Å². The van der Waals surface area contributed by atoms with Gasteiger partial charge in [-0.3, -0.25) is 4.79 Å². The molecule has 1 aliphatic heterocycles. The Morgan fingerprint density at radius 3 is 2.28 bits per heavy atom. The van der Waals surface area contributed by atoms with E-state index < -0.39 is 30.6 Å². The molecule has 8 nitrogen and oxygen atoms in total. The largest absolute Gasteiger partial charge is 0.493 e. The quantitative estimate of drug-likeness (QED) is 0.762. The fourth-order valence-electron chi connectivity index (χ4n) is 3.38. The molecule has 1 saturated heterocycles. The van der Waals surface area contributed by atoms with E-state index in [2.05, 4.69) is 0 Å². The van der Waals surface area contributed by atoms with Crippen LogP contribution in [0.5, 0.6) is 17.2 Å². The van der Waals surface area contributed by atoms with Gasteiger partial charge >= 0.3 is 6.09 Å². The molecule has 0 aromatic heterocycles. The minimum atomic E-state index is -1.01. The summed E-state index contributed by atoms with van der Waals surface area (Å²) in [4.78, 5) is 26.7. The highest BCUT2D eigenvalue weighted by Gasteiger charge is 2.42. The summed E-state index contributed by atoms with van der Waals surface area (Å²) < 4.78 is 21.1. The summed E-state index contributed by atoms with van der Waals surface area (Å²) in [6, 6.07) is 11.7. The number of nitrogens with zero attached hydrogens (tertiary/aromatic N) is 1. The van der Waals surface area contributed by atoms with Crippen molar-refractivity contribution < 1.29 is 33.6 Å². The zero-order valence-corrected chi connectivity index (χ0v) is 16.5. The monoisotopic (exact) mass is 401 g/mol. The van der Waals surface area contributed by atoms with E-state index in [1.807, 2.05) is 30.3 Å². The van der Waals surface area contributed by atoms with Crippen LogP contribution < -0.4 is 14.2 Å². The maximum absolute atomic E-state index is 13.3. The second-order valence-electron chi connectivity index (χ2n) is 6.41. The smallest absolute Gasteiger partial charge is 0.417 e. The van der Waals surface area contributed by atoms with Crippen LogP contribution in [0.25, 0.3) is 0 Å². The van der Waals surface area contributed by atoms with Gasteiger partial charge in [-0.2, -0.15) is 0 Å². The van der Waals surface area contributed by atoms with Gasteiger partial charge in [0.2, 0.25) is 11.7 Å². The molecule has 2 aromatic carbocycles. The lowest BCUT2D eigenvalue weighted by molar-refractivity contribution is -0.131. The number of carbonyl (C=O) groups excluding carboxylic acids is 2. The Morgan fingerprint density at radius 2 is 1.76 bits per heavy atom. The average Bonchev–Trinajstić information content (AvgIpc) is 3.15. The third kappa shape index (κ3) is 3.84. The molecule has 29 heavy (non-hydrogen) atoms. The van der Waals surface area contributed by atoms with Gasteiger partial charge < -0.3 is 24.1 Å². The van der Waals surface area contributed by atoms with Crippen molar-refractivity contribution in [2.75, 3.05) is 34.5 Å². The highest BCUT2D eigenvalue weighted by atomic mass is 16.6. The van der Waals surface area contributed by atoms with Crippen molar-refractivity contribution in [2.24, 2.45) is 0 Å². The van der Waals surface area contributed by atoms with Gasteiger partial charge in [0.15, 0.2) is 11.5 Å². The topological polar surface area (TPSA) is 94.5 Å². The van der Waals surface area contributed by atoms with Gasteiger partial charge in [0.1, 0.15) is 12.6 Å². The zero-order valence-electron chi connectivity index (χ0n) is 16.5. The first kappa shape index (κ1) is 20.5. The SMILES string of the molecule is COc1cc([C@H](CO)C(=O)N2C(=O)OC[C@@H]2c2ccccc2)cc(OC)c1OC. The van der Waals surface area contributed by atoms with Crippen LogP contribution in [0, 0.1) is 0 Å². The van der Waals surface area contributed by atoms with E-state index in [-0.39, 0.29) is 6.61 Å². The molecule has 0 unspecified atom stereocenters. The minimum Gasteiger partial charge on any atom is -0.493 e. The van der Waals surface area contributed by atoms with E-state index in [0.29, 0.717) is 22.8 Å². The van der Waals surface area contributed by atoms with Gasteiger partial charge in [0.25, 0.3) is 0 Å². The number of carbonyl (C=O) groups is 2. The number of aliphatic hydroxyl groups excluding tert-OH is 1. The van der Waals surface area contributed by atoms with E-state index in [1.54, 1.807) is 12.1 Å². The number of methoxy groups -OCH3 is 3. The average molecular weight is 401 g/mol. The van der Waals surface area contributed by atoms with Crippen LogP contribution in [0.2, 0.25) is 0 Å². The Balaban J connectivity index is 1.99. The predicted octanol–water partition coefficient (Wildman–Crippen LogP) is 2.51. The molecule has 1 aliphatic rings. The van der Waals surface area contributed by atoms with Crippen molar-refractivity contribution in [3.8, 4) is 17.2 Å². The predicted molar refractivity (Wildman–Crippen MR) is 103 cm³/mol. The number of amides is 2. The molecular weight excluding hydrogens is 378 g/mol. The summed E-state index contributed by atoms with van der Waals surface area (Å²) in [5.41, 5.74) is 1.20. The number of benzene rings is 2. The summed E-state index contributed by atoms with van der Waals surface area (Å²) >= 11 is 0. The molecule has 2 atom stereocenters. The lowest BCUT2D eigenvalue weighted by Crippen LogP contribution is -2.39. The van der Waals surface area contributed by atoms with Crippen LogP contribution in [0.4, 0.5) is 4.79 Å². The van der Waals surface area contributed by atoms with Crippen LogP contribution >= 0.6 is 0 Å². The fraction of sp³-hybridized carbons (Fsp3) is 0.333.